The van der Waals surface area contributed by atoms with Crippen molar-refractivity contribution in [3.05, 3.63) is 51.9 Å². The van der Waals surface area contributed by atoms with Gasteiger partial charge in [-0.15, -0.1) is 0 Å². The fraction of sp³-hybridized carbons (Fsp3) is 0.423. The Balaban J connectivity index is 1.62. The van der Waals surface area contributed by atoms with Gasteiger partial charge in [0.05, 0.1) is 23.8 Å². The van der Waals surface area contributed by atoms with Crippen LogP contribution in [0.2, 0.25) is 0 Å². The molecule has 35 heavy (non-hydrogen) atoms. The Kier molecular flexibility index (Phi) is 5.72. The Morgan fingerprint density at radius 2 is 1.91 bits per heavy atom. The molecule has 0 bridgehead atoms. The van der Waals surface area contributed by atoms with Crippen LogP contribution in [0.1, 0.15) is 42.7 Å². The van der Waals surface area contributed by atoms with E-state index in [0.717, 1.165) is 39.8 Å². The molecule has 5 rings (SSSR count). The van der Waals surface area contributed by atoms with E-state index >= 15 is 0 Å². The number of hydrogen-bond donors (Lipinski definition) is 1. The number of carboxylic acid groups (broad SMARTS) is 1. The molecule has 9 heteroatoms. The molecule has 0 spiro atoms. The smallest absolute Gasteiger partial charge is 0.341 e. The molecular formula is C26H29N3O5S. The van der Waals surface area contributed by atoms with Crippen LogP contribution in [0.3, 0.4) is 0 Å². The lowest BCUT2D eigenvalue weighted by Gasteiger charge is -2.39. The molecule has 1 saturated heterocycles. The van der Waals surface area contributed by atoms with Crippen molar-refractivity contribution in [3.63, 3.8) is 0 Å². The SMILES string of the molecule is COc1cc2c(cc1-c1cnc(N3CC(OC)C3)s1)CC(C(C)(C)C)n1cc(C(=O)O)c(=O)cc1-2. The van der Waals surface area contributed by atoms with Crippen LogP contribution >= 0.6 is 11.3 Å². The average Bonchev–Trinajstić information content (AvgIpc) is 3.25. The monoisotopic (exact) mass is 495 g/mol. The molecule has 0 saturated carbocycles. The molecule has 8 nitrogen and oxygen atoms in total. The summed E-state index contributed by atoms with van der Waals surface area (Å²) in [6.07, 6.45) is 4.33. The van der Waals surface area contributed by atoms with Crippen molar-refractivity contribution in [2.75, 3.05) is 32.2 Å². The molecular weight excluding hydrogens is 466 g/mol. The maximum Gasteiger partial charge on any atom is 0.341 e. The fourth-order valence-electron chi connectivity index (χ4n) is 4.89. The molecule has 1 unspecified atom stereocenters. The number of anilines is 1. The Bertz CT molecular complexity index is 1360. The lowest BCUT2D eigenvalue weighted by atomic mass is 9.78. The van der Waals surface area contributed by atoms with Gasteiger partial charge in [0.15, 0.2) is 10.6 Å². The van der Waals surface area contributed by atoms with E-state index in [-0.39, 0.29) is 23.1 Å². The number of methoxy groups -OCH3 is 2. The number of carbonyl (C=O) groups is 1. The van der Waals surface area contributed by atoms with E-state index < -0.39 is 11.4 Å². The van der Waals surface area contributed by atoms with Crippen molar-refractivity contribution in [1.29, 1.82) is 0 Å². The first-order valence-electron chi connectivity index (χ1n) is 11.6. The summed E-state index contributed by atoms with van der Waals surface area (Å²) in [4.78, 5) is 32.2. The molecule has 0 amide bonds. The number of ether oxygens (including phenoxy) is 2. The van der Waals surface area contributed by atoms with Crippen molar-refractivity contribution in [3.8, 4) is 27.4 Å². The summed E-state index contributed by atoms with van der Waals surface area (Å²) < 4.78 is 13.1. The summed E-state index contributed by atoms with van der Waals surface area (Å²) in [7, 11) is 3.36. The molecule has 1 fully saturated rings. The van der Waals surface area contributed by atoms with E-state index in [1.54, 1.807) is 25.6 Å². The Labute approximate surface area is 207 Å². The Hall–Kier alpha value is -3.17. The quantitative estimate of drug-likeness (QED) is 0.563. The highest BCUT2D eigenvalue weighted by Gasteiger charge is 2.35. The molecule has 2 aromatic heterocycles. The van der Waals surface area contributed by atoms with Crippen molar-refractivity contribution >= 4 is 22.4 Å². The molecule has 1 atom stereocenters. The Morgan fingerprint density at radius 1 is 1.17 bits per heavy atom. The summed E-state index contributed by atoms with van der Waals surface area (Å²) in [6.45, 7) is 8.06. The zero-order valence-corrected chi connectivity index (χ0v) is 21.3. The minimum atomic E-state index is -1.21. The van der Waals surface area contributed by atoms with Gasteiger partial charge in [0.2, 0.25) is 0 Å². The first-order chi connectivity index (χ1) is 16.6. The second kappa shape index (κ2) is 8.49. The van der Waals surface area contributed by atoms with E-state index in [4.69, 9.17) is 9.47 Å². The van der Waals surface area contributed by atoms with Crippen molar-refractivity contribution < 1.29 is 19.4 Å². The molecule has 0 radical (unpaired) electrons. The van der Waals surface area contributed by atoms with Gasteiger partial charge in [0.25, 0.3) is 0 Å². The topological polar surface area (TPSA) is 93.9 Å². The number of carboxylic acids is 1. The maximum absolute atomic E-state index is 12.6. The van der Waals surface area contributed by atoms with Gasteiger partial charge in [-0.25, -0.2) is 9.78 Å². The zero-order valence-electron chi connectivity index (χ0n) is 20.5. The summed E-state index contributed by atoms with van der Waals surface area (Å²) in [5, 5.41) is 10.5. The van der Waals surface area contributed by atoms with E-state index in [1.807, 2.05) is 16.8 Å². The van der Waals surface area contributed by atoms with Crippen LogP contribution in [0, 0.1) is 5.41 Å². The zero-order chi connectivity index (χ0) is 25.1. The van der Waals surface area contributed by atoms with Crippen molar-refractivity contribution in [2.24, 2.45) is 5.41 Å². The highest BCUT2D eigenvalue weighted by molar-refractivity contribution is 7.19. The van der Waals surface area contributed by atoms with Gasteiger partial charge in [0.1, 0.15) is 11.3 Å². The first-order valence-corrected chi connectivity index (χ1v) is 12.4. The van der Waals surface area contributed by atoms with Gasteiger partial charge in [-0.2, -0.15) is 0 Å². The van der Waals surface area contributed by atoms with Gasteiger partial charge < -0.3 is 24.0 Å². The number of fused-ring (bicyclic) bond motifs is 3. The average molecular weight is 496 g/mol. The standard InChI is InChI=1S/C26H29N3O5S/c1-26(2,3)23-7-14-6-17(22-10-27-25(35-22)28-11-15(12-28)33-4)21(34-5)8-16(14)19-9-20(30)18(24(31)32)13-29(19)23/h6,8-10,13,15,23H,7,11-12H2,1-5H3,(H,31,32). The number of thiazole rings is 1. The summed E-state index contributed by atoms with van der Waals surface area (Å²) in [6, 6.07) is 5.52. The van der Waals surface area contributed by atoms with E-state index in [2.05, 4.69) is 36.7 Å². The molecule has 2 aliphatic rings. The number of hydrogen-bond acceptors (Lipinski definition) is 7. The van der Waals surface area contributed by atoms with Crippen LogP contribution in [-0.2, 0) is 11.2 Å². The van der Waals surface area contributed by atoms with Gasteiger partial charge in [-0.05, 0) is 29.5 Å². The van der Waals surface area contributed by atoms with Gasteiger partial charge >= 0.3 is 5.97 Å². The minimum Gasteiger partial charge on any atom is -0.496 e. The van der Waals surface area contributed by atoms with Crippen LogP contribution in [0.4, 0.5) is 5.13 Å². The first kappa shape index (κ1) is 23.6. The third kappa shape index (κ3) is 4.02. The predicted octanol–water partition coefficient (Wildman–Crippen LogP) is 4.32. The molecule has 184 valence electrons. The number of aromatic carboxylic acids is 1. The molecule has 1 aromatic carbocycles. The van der Waals surface area contributed by atoms with Gasteiger partial charge in [0, 0.05) is 55.8 Å². The molecule has 4 heterocycles. The number of nitrogens with zero attached hydrogens (tertiary/aromatic N) is 3. The normalized spacial score (nSPS) is 17.5. The lowest BCUT2D eigenvalue weighted by Crippen LogP contribution is -2.51. The van der Waals surface area contributed by atoms with E-state index in [9.17, 15) is 14.7 Å². The summed E-state index contributed by atoms with van der Waals surface area (Å²) in [5.74, 6) is -0.524. The van der Waals surface area contributed by atoms with Crippen LogP contribution in [0.5, 0.6) is 5.75 Å². The van der Waals surface area contributed by atoms with Gasteiger partial charge in [-0.1, -0.05) is 32.1 Å². The van der Waals surface area contributed by atoms with Crippen LogP contribution < -0.4 is 15.1 Å². The summed E-state index contributed by atoms with van der Waals surface area (Å²) >= 11 is 1.62. The Morgan fingerprint density at radius 3 is 2.54 bits per heavy atom. The molecule has 0 aliphatic carbocycles. The summed E-state index contributed by atoms with van der Waals surface area (Å²) in [5.41, 5.74) is 2.78. The largest absolute Gasteiger partial charge is 0.496 e. The van der Waals surface area contributed by atoms with Crippen LogP contribution in [0.25, 0.3) is 21.7 Å². The maximum atomic E-state index is 12.6. The number of pyridine rings is 1. The number of benzene rings is 1. The highest BCUT2D eigenvalue weighted by atomic mass is 32.1. The second-order valence-corrected chi connectivity index (χ2v) is 11.2. The molecule has 2 aliphatic heterocycles. The van der Waals surface area contributed by atoms with Crippen molar-refractivity contribution in [2.45, 2.75) is 39.3 Å². The highest BCUT2D eigenvalue weighted by Crippen LogP contribution is 2.47. The van der Waals surface area contributed by atoms with Crippen LogP contribution in [0.15, 0.2) is 35.4 Å². The molecule has 1 N–H and O–H groups in total. The van der Waals surface area contributed by atoms with Crippen LogP contribution in [-0.4, -0.2) is 54.0 Å². The second-order valence-electron chi connectivity index (χ2n) is 10.2. The lowest BCUT2D eigenvalue weighted by molar-refractivity contribution is 0.0693. The molecule has 3 aromatic rings. The van der Waals surface area contributed by atoms with Gasteiger partial charge in [-0.3, -0.25) is 4.79 Å². The number of rotatable bonds is 5. The number of aromatic nitrogens is 2. The fourth-order valence-corrected chi connectivity index (χ4v) is 5.84. The predicted molar refractivity (Wildman–Crippen MR) is 136 cm³/mol. The van der Waals surface area contributed by atoms with E-state index in [0.29, 0.717) is 17.9 Å². The van der Waals surface area contributed by atoms with Crippen molar-refractivity contribution in [1.82, 2.24) is 9.55 Å². The minimum absolute atomic E-state index is 0.0194. The third-order valence-corrected chi connectivity index (χ3v) is 8.06. The third-order valence-electron chi connectivity index (χ3n) is 6.97. The van der Waals surface area contributed by atoms with E-state index in [1.165, 1.54) is 12.3 Å².